The van der Waals surface area contributed by atoms with E-state index in [-0.39, 0.29) is 11.2 Å². The zero-order valence-electron chi connectivity index (χ0n) is 17.8. The summed E-state index contributed by atoms with van der Waals surface area (Å²) in [6, 6.07) is 10.3. The van der Waals surface area contributed by atoms with Crippen molar-refractivity contribution in [1.82, 2.24) is 19.5 Å². The third kappa shape index (κ3) is 3.19. The molecule has 2 fully saturated rings. The van der Waals surface area contributed by atoms with Crippen LogP contribution in [0.3, 0.4) is 0 Å². The van der Waals surface area contributed by atoms with Crippen LogP contribution < -0.4 is 5.73 Å². The lowest BCUT2D eigenvalue weighted by Crippen LogP contribution is -2.50. The van der Waals surface area contributed by atoms with Crippen LogP contribution in [0.4, 0.5) is 5.82 Å². The number of benzene rings is 1. The van der Waals surface area contributed by atoms with Crippen LogP contribution in [0.15, 0.2) is 43.0 Å². The van der Waals surface area contributed by atoms with Gasteiger partial charge in [-0.1, -0.05) is 49.6 Å². The molecule has 1 saturated heterocycles. The first-order chi connectivity index (χ1) is 15.5. The van der Waals surface area contributed by atoms with Crippen LogP contribution in [0.5, 0.6) is 0 Å². The van der Waals surface area contributed by atoms with Crippen molar-refractivity contribution >= 4 is 17.0 Å². The molecule has 4 atom stereocenters. The number of nitrogens with zero attached hydrogens (tertiary/aromatic N) is 4. The number of fused-ring (bicyclic) bond motifs is 1. The summed E-state index contributed by atoms with van der Waals surface area (Å²) in [4.78, 5) is 12.8. The molecule has 0 unspecified atom stereocenters. The maximum absolute atomic E-state index is 11.4. The highest BCUT2D eigenvalue weighted by Gasteiger charge is 2.59. The first-order valence-electron chi connectivity index (χ1n) is 11.2. The van der Waals surface area contributed by atoms with Crippen LogP contribution in [-0.4, -0.2) is 59.8 Å². The number of aliphatic hydroxyl groups excluding tert-OH is 3. The fourth-order valence-electron chi connectivity index (χ4n) is 5.65. The average molecular weight is 440 g/mol. The monoisotopic (exact) mass is 439 g/mol. The Hall–Kier alpha value is -2.59. The maximum Gasteiger partial charge on any atom is 0.177 e. The Morgan fingerprint density at radius 3 is 2.50 bits per heavy atom. The van der Waals surface area contributed by atoms with Crippen LogP contribution >= 0.6 is 0 Å². The van der Waals surface area contributed by atoms with E-state index in [9.17, 15) is 15.3 Å². The highest BCUT2D eigenvalue weighted by Crippen LogP contribution is 2.51. The van der Waals surface area contributed by atoms with Gasteiger partial charge in [0.1, 0.15) is 30.2 Å². The minimum absolute atomic E-state index is 0.228. The molecule has 1 aliphatic carbocycles. The van der Waals surface area contributed by atoms with Crippen LogP contribution in [0.25, 0.3) is 11.2 Å². The first kappa shape index (κ1) is 21.3. The Labute approximate surface area is 185 Å². The van der Waals surface area contributed by atoms with E-state index in [0.717, 1.165) is 32.1 Å². The molecule has 3 aromatic rings. The van der Waals surface area contributed by atoms with E-state index in [1.807, 2.05) is 18.2 Å². The van der Waals surface area contributed by atoms with Crippen LogP contribution in [0.2, 0.25) is 0 Å². The lowest BCUT2D eigenvalue weighted by atomic mass is 9.64. The van der Waals surface area contributed by atoms with Crippen molar-refractivity contribution < 1.29 is 20.1 Å². The van der Waals surface area contributed by atoms with Gasteiger partial charge in [-0.05, 0) is 23.8 Å². The molecule has 9 heteroatoms. The van der Waals surface area contributed by atoms with E-state index in [1.165, 1.54) is 18.2 Å². The number of rotatable bonds is 5. The molecule has 0 amide bonds. The van der Waals surface area contributed by atoms with Crippen molar-refractivity contribution in [2.45, 2.75) is 68.0 Å². The molecule has 0 bridgehead atoms. The Bertz CT molecular complexity index is 1080. The summed E-state index contributed by atoms with van der Waals surface area (Å²) in [6.45, 7) is -0.415. The number of hydrogen-bond acceptors (Lipinski definition) is 8. The number of anilines is 1. The molecule has 32 heavy (non-hydrogen) atoms. The number of nitrogens with two attached hydrogens (primary N) is 1. The molecule has 2 aromatic heterocycles. The zero-order valence-corrected chi connectivity index (χ0v) is 17.8. The topological polar surface area (TPSA) is 140 Å². The van der Waals surface area contributed by atoms with Crippen LogP contribution in [0.1, 0.15) is 44.1 Å². The first-order valence-corrected chi connectivity index (χ1v) is 11.2. The Morgan fingerprint density at radius 1 is 1.06 bits per heavy atom. The van der Waals surface area contributed by atoms with Crippen molar-refractivity contribution in [1.29, 1.82) is 0 Å². The van der Waals surface area contributed by atoms with Crippen molar-refractivity contribution in [3.05, 3.63) is 48.5 Å². The molecule has 2 aliphatic rings. The second-order valence-electron chi connectivity index (χ2n) is 9.05. The molecule has 1 aromatic carbocycles. The summed E-state index contributed by atoms with van der Waals surface area (Å²) < 4.78 is 8.01. The largest absolute Gasteiger partial charge is 0.394 e. The number of aliphatic hydroxyl groups is 3. The molecule has 3 heterocycles. The van der Waals surface area contributed by atoms with Crippen LogP contribution in [-0.2, 0) is 15.9 Å². The average Bonchev–Trinajstić information content (AvgIpc) is 3.37. The summed E-state index contributed by atoms with van der Waals surface area (Å²) >= 11 is 0. The van der Waals surface area contributed by atoms with Gasteiger partial charge in [-0.15, -0.1) is 0 Å². The minimum Gasteiger partial charge on any atom is -0.394 e. The van der Waals surface area contributed by atoms with Gasteiger partial charge in [0.05, 0.1) is 12.9 Å². The third-order valence-corrected chi connectivity index (χ3v) is 7.26. The maximum atomic E-state index is 11.4. The molecule has 1 aliphatic heterocycles. The molecule has 5 N–H and O–H groups in total. The summed E-state index contributed by atoms with van der Waals surface area (Å²) in [7, 11) is 0. The summed E-state index contributed by atoms with van der Waals surface area (Å²) in [5.41, 5.74) is 6.35. The SMILES string of the molecule is Nc1ncnc2c1ncn2[C@]1(CC2(c3ccccc3)CCCCC2)O[C@H](CO)[C@@H](O)[C@H]1O. The second-order valence-corrected chi connectivity index (χ2v) is 9.05. The van der Waals surface area contributed by atoms with Gasteiger partial charge in [0, 0.05) is 6.42 Å². The smallest absolute Gasteiger partial charge is 0.177 e. The highest BCUT2D eigenvalue weighted by molar-refractivity contribution is 5.81. The summed E-state index contributed by atoms with van der Waals surface area (Å²) in [5, 5.41) is 32.0. The quantitative estimate of drug-likeness (QED) is 0.469. The molecule has 0 radical (unpaired) electrons. The fraction of sp³-hybridized carbons (Fsp3) is 0.522. The van der Waals surface area contributed by atoms with E-state index >= 15 is 0 Å². The molecule has 5 rings (SSSR count). The number of aromatic nitrogens is 4. The van der Waals surface area contributed by atoms with Gasteiger partial charge in [-0.25, -0.2) is 15.0 Å². The van der Waals surface area contributed by atoms with Gasteiger partial charge < -0.3 is 25.8 Å². The van der Waals surface area contributed by atoms with Gasteiger partial charge in [0.15, 0.2) is 17.2 Å². The van der Waals surface area contributed by atoms with Crippen LogP contribution in [0, 0.1) is 0 Å². The molecule has 170 valence electrons. The van der Waals surface area contributed by atoms with Gasteiger partial charge in [-0.3, -0.25) is 4.57 Å². The zero-order chi connectivity index (χ0) is 22.3. The number of ether oxygens (including phenoxy) is 1. The van der Waals surface area contributed by atoms with Crippen molar-refractivity contribution in [2.24, 2.45) is 0 Å². The van der Waals surface area contributed by atoms with E-state index in [2.05, 4.69) is 27.1 Å². The van der Waals surface area contributed by atoms with Crippen molar-refractivity contribution in [2.75, 3.05) is 12.3 Å². The molecule has 9 nitrogen and oxygen atoms in total. The lowest BCUT2D eigenvalue weighted by Gasteiger charge is -2.45. The Morgan fingerprint density at radius 2 is 1.81 bits per heavy atom. The van der Waals surface area contributed by atoms with E-state index < -0.39 is 30.6 Å². The number of nitrogen functional groups attached to an aromatic ring is 1. The highest BCUT2D eigenvalue weighted by atomic mass is 16.6. The van der Waals surface area contributed by atoms with Gasteiger partial charge in [0.2, 0.25) is 0 Å². The minimum atomic E-state index is -1.38. The normalized spacial score (nSPS) is 30.0. The van der Waals surface area contributed by atoms with Crippen molar-refractivity contribution in [3.8, 4) is 0 Å². The predicted octanol–water partition coefficient (Wildman–Crippen LogP) is 1.47. The predicted molar refractivity (Wildman–Crippen MR) is 118 cm³/mol. The van der Waals surface area contributed by atoms with Gasteiger partial charge >= 0.3 is 0 Å². The third-order valence-electron chi connectivity index (χ3n) is 7.26. The number of hydrogen-bond donors (Lipinski definition) is 4. The Balaban J connectivity index is 1.69. The molecule has 0 spiro atoms. The Kier molecular flexibility index (Phi) is 5.37. The summed E-state index contributed by atoms with van der Waals surface area (Å²) in [5.74, 6) is 0.228. The number of imidazole rings is 1. The van der Waals surface area contributed by atoms with Gasteiger partial charge in [0.25, 0.3) is 0 Å². The molecular weight excluding hydrogens is 410 g/mol. The molecule has 1 saturated carbocycles. The van der Waals surface area contributed by atoms with Crippen molar-refractivity contribution in [3.63, 3.8) is 0 Å². The lowest BCUT2D eigenvalue weighted by molar-refractivity contribution is -0.163. The summed E-state index contributed by atoms with van der Waals surface area (Å²) in [6.07, 6.45) is 4.93. The second kappa shape index (κ2) is 8.08. The van der Waals surface area contributed by atoms with E-state index in [4.69, 9.17) is 10.5 Å². The standard InChI is InChI=1S/C23H29N5O4/c24-20-17-21(26-13-25-20)28(14-27-17)23(19(31)18(30)16(11-29)32-23)12-22(9-5-2-6-10-22)15-7-3-1-4-8-15/h1,3-4,7-8,13-14,16,18-19,29-31H,2,5-6,9-12H2,(H2,24,25,26)/t16-,18-,19-,23-/m1/s1. The van der Waals surface area contributed by atoms with E-state index in [0.29, 0.717) is 17.6 Å². The van der Waals surface area contributed by atoms with Gasteiger partial charge in [-0.2, -0.15) is 0 Å². The van der Waals surface area contributed by atoms with E-state index in [1.54, 1.807) is 4.57 Å². The fourth-order valence-corrected chi connectivity index (χ4v) is 5.65. The molecular formula is C23H29N5O4.